The van der Waals surface area contributed by atoms with Gasteiger partial charge in [0.15, 0.2) is 11.6 Å². The van der Waals surface area contributed by atoms with Gasteiger partial charge >= 0.3 is 5.97 Å². The fourth-order valence-corrected chi connectivity index (χ4v) is 6.26. The molecule has 2 atom stereocenters. The summed E-state index contributed by atoms with van der Waals surface area (Å²) in [5.74, 6) is -1.46. The van der Waals surface area contributed by atoms with Crippen molar-refractivity contribution in [1.82, 2.24) is 15.3 Å². The molecule has 1 aromatic heterocycles. The molecule has 1 amide bonds. The van der Waals surface area contributed by atoms with Crippen LogP contribution < -0.4 is 20.3 Å². The Bertz CT molecular complexity index is 1640. The van der Waals surface area contributed by atoms with E-state index in [1.807, 2.05) is 60.7 Å². The Hall–Kier alpha value is -4.99. The Labute approximate surface area is 261 Å². The SMILES string of the molecule is COc1ccc(-c2ccc(C[C@H](NC(=O)C3CCCN(c4ncnc(NC5Cc6ccccc6C5)c4F)C3)C(=O)O)cc2)cc1. The van der Waals surface area contributed by atoms with Crippen LogP contribution in [0.3, 0.4) is 0 Å². The Morgan fingerprint density at radius 2 is 1.67 bits per heavy atom. The quantitative estimate of drug-likeness (QED) is 0.233. The zero-order valence-electron chi connectivity index (χ0n) is 25.1. The first-order chi connectivity index (χ1) is 21.9. The minimum Gasteiger partial charge on any atom is -0.497 e. The number of nitrogens with zero attached hydrogens (tertiary/aromatic N) is 3. The van der Waals surface area contributed by atoms with Crippen LogP contribution in [-0.4, -0.2) is 59.2 Å². The summed E-state index contributed by atoms with van der Waals surface area (Å²) in [4.78, 5) is 35.6. The molecule has 6 rings (SSSR count). The number of aliphatic carboxylic acids is 1. The molecule has 0 spiro atoms. The number of fused-ring (bicyclic) bond motifs is 1. The average molecular weight is 610 g/mol. The number of carboxylic acids is 1. The molecule has 2 aliphatic rings. The van der Waals surface area contributed by atoms with Gasteiger partial charge in [0, 0.05) is 25.6 Å². The topological polar surface area (TPSA) is 117 Å². The van der Waals surface area contributed by atoms with Crippen LogP contribution in [0.4, 0.5) is 16.0 Å². The van der Waals surface area contributed by atoms with E-state index in [1.54, 1.807) is 12.0 Å². The molecule has 45 heavy (non-hydrogen) atoms. The van der Waals surface area contributed by atoms with Crippen molar-refractivity contribution < 1.29 is 23.8 Å². The zero-order chi connectivity index (χ0) is 31.3. The van der Waals surface area contributed by atoms with Gasteiger partial charge in [-0.3, -0.25) is 4.79 Å². The number of carbonyl (C=O) groups excluding carboxylic acids is 1. The van der Waals surface area contributed by atoms with Crippen LogP contribution in [-0.2, 0) is 28.9 Å². The Morgan fingerprint density at radius 3 is 2.31 bits per heavy atom. The van der Waals surface area contributed by atoms with E-state index < -0.39 is 23.7 Å². The second kappa shape index (κ2) is 13.3. The van der Waals surface area contributed by atoms with Crippen molar-refractivity contribution in [1.29, 1.82) is 0 Å². The van der Waals surface area contributed by atoms with Crippen LogP contribution in [0.25, 0.3) is 11.1 Å². The average Bonchev–Trinajstić information content (AvgIpc) is 3.48. The predicted molar refractivity (Wildman–Crippen MR) is 170 cm³/mol. The first kappa shape index (κ1) is 30.1. The monoisotopic (exact) mass is 609 g/mol. The largest absolute Gasteiger partial charge is 0.497 e. The standard InChI is InChI=1S/C35H36FN5O4/c1-45-29-14-12-24(13-15-29)23-10-8-22(9-11-23)17-30(35(43)44)40-34(42)27-7-4-16-41(20-27)33-31(36)32(37-21-38-33)39-28-18-25-5-2-3-6-26(25)19-28/h2-3,5-6,8-15,21,27-28,30H,4,7,16-20H2,1H3,(H,40,42)(H,43,44)(H,37,38,39)/t27?,30-/m0/s1. The van der Waals surface area contributed by atoms with Gasteiger partial charge in [-0.1, -0.05) is 60.7 Å². The van der Waals surface area contributed by atoms with Crippen molar-refractivity contribution in [2.75, 3.05) is 30.4 Å². The van der Waals surface area contributed by atoms with Gasteiger partial charge in [-0.05, 0) is 65.6 Å². The van der Waals surface area contributed by atoms with E-state index in [-0.39, 0.29) is 36.6 Å². The van der Waals surface area contributed by atoms with E-state index in [1.165, 1.54) is 17.5 Å². The first-order valence-electron chi connectivity index (χ1n) is 15.2. The second-order valence-corrected chi connectivity index (χ2v) is 11.7. The number of methoxy groups -OCH3 is 1. The summed E-state index contributed by atoms with van der Waals surface area (Å²) in [6.45, 7) is 0.770. The molecular formula is C35H36FN5O4. The number of hydrogen-bond donors (Lipinski definition) is 3. The van der Waals surface area contributed by atoms with Gasteiger partial charge in [0.2, 0.25) is 11.7 Å². The number of amides is 1. The number of carbonyl (C=O) groups is 2. The van der Waals surface area contributed by atoms with E-state index >= 15 is 4.39 Å². The van der Waals surface area contributed by atoms with Gasteiger partial charge in [-0.15, -0.1) is 0 Å². The fourth-order valence-electron chi connectivity index (χ4n) is 6.26. The maximum atomic E-state index is 15.7. The number of benzene rings is 3. The number of halogens is 1. The van der Waals surface area contributed by atoms with Gasteiger partial charge in [0.1, 0.15) is 18.1 Å². The van der Waals surface area contributed by atoms with E-state index in [0.717, 1.165) is 35.3 Å². The number of anilines is 2. The number of ether oxygens (including phenoxy) is 1. The van der Waals surface area contributed by atoms with Crippen LogP contribution in [0.2, 0.25) is 0 Å². The third kappa shape index (κ3) is 6.90. The fraction of sp³-hybridized carbons (Fsp3) is 0.314. The van der Waals surface area contributed by atoms with Crippen molar-refractivity contribution in [2.45, 2.75) is 44.2 Å². The molecule has 9 nitrogen and oxygen atoms in total. The molecule has 0 bridgehead atoms. The first-order valence-corrected chi connectivity index (χ1v) is 15.2. The molecular weight excluding hydrogens is 573 g/mol. The normalized spacial score (nSPS) is 16.9. The Kier molecular flexibility index (Phi) is 8.91. The Balaban J connectivity index is 1.07. The minimum atomic E-state index is -1.11. The highest BCUT2D eigenvalue weighted by Gasteiger charge is 2.32. The van der Waals surface area contributed by atoms with Gasteiger partial charge in [0.05, 0.1) is 13.0 Å². The lowest BCUT2D eigenvalue weighted by Crippen LogP contribution is -2.49. The molecule has 1 aliphatic heterocycles. The maximum Gasteiger partial charge on any atom is 0.326 e. The molecule has 3 N–H and O–H groups in total. The van der Waals surface area contributed by atoms with Crippen LogP contribution in [0.1, 0.15) is 29.5 Å². The molecule has 10 heteroatoms. The summed E-state index contributed by atoms with van der Waals surface area (Å²) in [6, 6.07) is 22.4. The van der Waals surface area contributed by atoms with E-state index in [2.05, 4.69) is 32.7 Å². The summed E-state index contributed by atoms with van der Waals surface area (Å²) in [5.41, 5.74) is 5.29. The highest BCUT2D eigenvalue weighted by molar-refractivity contribution is 5.85. The lowest BCUT2D eigenvalue weighted by Gasteiger charge is -2.33. The van der Waals surface area contributed by atoms with Crippen molar-refractivity contribution in [2.24, 2.45) is 5.92 Å². The number of aromatic nitrogens is 2. The molecule has 1 saturated heterocycles. The highest BCUT2D eigenvalue weighted by Crippen LogP contribution is 2.30. The Morgan fingerprint density at radius 1 is 1.00 bits per heavy atom. The van der Waals surface area contributed by atoms with Crippen molar-refractivity contribution in [3.05, 3.63) is 102 Å². The molecule has 0 radical (unpaired) electrons. The molecule has 1 aliphatic carbocycles. The molecule has 2 heterocycles. The van der Waals surface area contributed by atoms with Crippen molar-refractivity contribution >= 4 is 23.5 Å². The van der Waals surface area contributed by atoms with Crippen molar-refractivity contribution in [3.8, 4) is 16.9 Å². The summed E-state index contributed by atoms with van der Waals surface area (Å²) in [5, 5.41) is 15.9. The number of rotatable bonds is 10. The number of carboxylic acid groups (broad SMARTS) is 1. The lowest BCUT2D eigenvalue weighted by atomic mass is 9.95. The molecule has 4 aromatic rings. The minimum absolute atomic E-state index is 0.0335. The number of piperidine rings is 1. The van der Waals surface area contributed by atoms with Gasteiger partial charge in [0.25, 0.3) is 0 Å². The van der Waals surface area contributed by atoms with Crippen molar-refractivity contribution in [3.63, 3.8) is 0 Å². The molecule has 0 saturated carbocycles. The molecule has 1 fully saturated rings. The van der Waals surface area contributed by atoms with Gasteiger partial charge < -0.3 is 25.4 Å². The molecule has 232 valence electrons. The predicted octanol–water partition coefficient (Wildman–Crippen LogP) is 4.90. The number of nitrogens with one attached hydrogen (secondary N) is 2. The molecule has 1 unspecified atom stereocenters. The van der Waals surface area contributed by atoms with Gasteiger partial charge in [-0.2, -0.15) is 4.39 Å². The van der Waals surface area contributed by atoms with Crippen LogP contribution in [0.15, 0.2) is 79.1 Å². The van der Waals surface area contributed by atoms with Crippen LogP contribution in [0, 0.1) is 11.7 Å². The smallest absolute Gasteiger partial charge is 0.326 e. The summed E-state index contributed by atoms with van der Waals surface area (Å²) >= 11 is 0. The summed E-state index contributed by atoms with van der Waals surface area (Å²) in [7, 11) is 1.62. The summed E-state index contributed by atoms with van der Waals surface area (Å²) < 4.78 is 20.9. The zero-order valence-corrected chi connectivity index (χ0v) is 25.1. The highest BCUT2D eigenvalue weighted by atomic mass is 19.1. The van der Waals surface area contributed by atoms with Gasteiger partial charge in [-0.25, -0.2) is 14.8 Å². The molecule has 3 aromatic carbocycles. The van der Waals surface area contributed by atoms with E-state index in [4.69, 9.17) is 4.74 Å². The van der Waals surface area contributed by atoms with Crippen LogP contribution >= 0.6 is 0 Å². The second-order valence-electron chi connectivity index (χ2n) is 11.7. The lowest BCUT2D eigenvalue weighted by molar-refractivity contribution is -0.142. The third-order valence-electron chi connectivity index (χ3n) is 8.69. The van der Waals surface area contributed by atoms with E-state index in [0.29, 0.717) is 19.4 Å². The summed E-state index contributed by atoms with van der Waals surface area (Å²) in [6.07, 6.45) is 4.28. The third-order valence-corrected chi connectivity index (χ3v) is 8.69. The number of hydrogen-bond acceptors (Lipinski definition) is 7. The van der Waals surface area contributed by atoms with E-state index in [9.17, 15) is 14.7 Å². The van der Waals surface area contributed by atoms with Crippen LogP contribution in [0.5, 0.6) is 5.75 Å². The maximum absolute atomic E-state index is 15.7.